The van der Waals surface area contributed by atoms with Crippen LogP contribution in [0.4, 0.5) is 5.69 Å². The van der Waals surface area contributed by atoms with Crippen molar-refractivity contribution in [1.29, 1.82) is 0 Å². The minimum atomic E-state index is -0.498. The van der Waals surface area contributed by atoms with Gasteiger partial charge in [0, 0.05) is 34.4 Å². The molecule has 32 heavy (non-hydrogen) atoms. The number of benzene rings is 2. The molecule has 1 saturated carbocycles. The van der Waals surface area contributed by atoms with E-state index < -0.39 is 5.41 Å². The van der Waals surface area contributed by atoms with Crippen LogP contribution in [0.1, 0.15) is 43.7 Å². The maximum Gasteiger partial charge on any atom is 0.316 e. The number of amides is 1. The van der Waals surface area contributed by atoms with Gasteiger partial charge in [0.05, 0.1) is 17.9 Å². The van der Waals surface area contributed by atoms with Crippen molar-refractivity contribution in [2.45, 2.75) is 44.6 Å². The first-order valence-corrected chi connectivity index (χ1v) is 11.9. The van der Waals surface area contributed by atoms with Crippen LogP contribution >= 0.6 is 23.2 Å². The first-order chi connectivity index (χ1) is 15.4. The van der Waals surface area contributed by atoms with Crippen LogP contribution in [0.2, 0.25) is 10.0 Å². The van der Waals surface area contributed by atoms with E-state index in [1.807, 2.05) is 49.4 Å². The van der Waals surface area contributed by atoms with Crippen molar-refractivity contribution in [3.05, 3.63) is 63.6 Å². The molecule has 2 aromatic rings. The van der Waals surface area contributed by atoms with Crippen molar-refractivity contribution < 1.29 is 14.3 Å². The largest absolute Gasteiger partial charge is 0.465 e. The van der Waals surface area contributed by atoms with Gasteiger partial charge in [0.2, 0.25) is 5.91 Å². The third-order valence-corrected chi connectivity index (χ3v) is 7.15. The van der Waals surface area contributed by atoms with Crippen molar-refractivity contribution in [1.82, 2.24) is 4.90 Å². The molecule has 0 unspecified atom stereocenters. The number of carbonyl (C=O) groups is 2. The van der Waals surface area contributed by atoms with Crippen LogP contribution in [0.25, 0.3) is 0 Å². The van der Waals surface area contributed by atoms with Gasteiger partial charge in [-0.1, -0.05) is 41.4 Å². The van der Waals surface area contributed by atoms with E-state index in [-0.39, 0.29) is 17.8 Å². The summed E-state index contributed by atoms with van der Waals surface area (Å²) in [6.45, 7) is 4.41. The average molecular weight is 475 g/mol. The maximum absolute atomic E-state index is 12.9. The summed E-state index contributed by atoms with van der Waals surface area (Å²) in [5, 5.41) is 4.34. The van der Waals surface area contributed by atoms with Gasteiger partial charge in [-0.25, -0.2) is 0 Å². The summed E-state index contributed by atoms with van der Waals surface area (Å²) in [6.07, 6.45) is 3.42. The van der Waals surface area contributed by atoms with Crippen LogP contribution in [0, 0.1) is 5.92 Å². The van der Waals surface area contributed by atoms with Gasteiger partial charge in [0.25, 0.3) is 0 Å². The summed E-state index contributed by atoms with van der Waals surface area (Å²) in [5.41, 5.74) is 2.10. The molecule has 7 heteroatoms. The number of ether oxygens (including phenoxy) is 1. The Labute approximate surface area is 199 Å². The fraction of sp³-hybridized carbons (Fsp3) is 0.440. The molecular weight excluding hydrogens is 447 g/mol. The molecule has 1 heterocycles. The number of rotatable bonds is 7. The van der Waals surface area contributed by atoms with E-state index in [9.17, 15) is 9.59 Å². The number of likely N-dealkylation sites (tertiary alicyclic amines) is 1. The van der Waals surface area contributed by atoms with E-state index in [2.05, 4.69) is 10.2 Å². The topological polar surface area (TPSA) is 58.6 Å². The van der Waals surface area contributed by atoms with Gasteiger partial charge in [-0.15, -0.1) is 0 Å². The highest BCUT2D eigenvalue weighted by Gasteiger charge is 2.52. The molecule has 1 N–H and O–H groups in total. The monoisotopic (exact) mass is 474 g/mol. The minimum absolute atomic E-state index is 0.0132. The number of nitrogens with one attached hydrogen (secondary N) is 1. The number of nitrogens with zero attached hydrogens (tertiary/aromatic N) is 1. The lowest BCUT2D eigenvalue weighted by Crippen LogP contribution is -2.40. The van der Waals surface area contributed by atoms with Gasteiger partial charge in [0.15, 0.2) is 0 Å². The third-order valence-electron chi connectivity index (χ3n) is 6.44. The van der Waals surface area contributed by atoms with Crippen molar-refractivity contribution >= 4 is 40.8 Å². The Morgan fingerprint density at radius 2 is 1.81 bits per heavy atom. The van der Waals surface area contributed by atoms with E-state index >= 15 is 0 Å². The second-order valence-electron chi connectivity index (χ2n) is 8.64. The summed E-state index contributed by atoms with van der Waals surface area (Å²) in [4.78, 5) is 27.4. The molecule has 4 rings (SSSR count). The molecule has 1 amide bonds. The lowest BCUT2D eigenvalue weighted by molar-refractivity contribution is -0.146. The zero-order valence-corrected chi connectivity index (χ0v) is 19.7. The second kappa shape index (κ2) is 9.82. The SMILES string of the molecule is CCOC(=O)C1(c2ccc(NC(=O)[C@@H]3CCCN(Cc4c(Cl)cccc4Cl)C3)cc2)CC1. The van der Waals surface area contributed by atoms with Crippen molar-refractivity contribution in [2.75, 3.05) is 25.0 Å². The lowest BCUT2D eigenvalue weighted by Gasteiger charge is -2.32. The molecule has 1 aliphatic heterocycles. The molecule has 1 aliphatic carbocycles. The van der Waals surface area contributed by atoms with Gasteiger partial charge in [0.1, 0.15) is 0 Å². The molecular formula is C25H28Cl2N2O3. The highest BCUT2D eigenvalue weighted by molar-refractivity contribution is 6.35. The fourth-order valence-electron chi connectivity index (χ4n) is 4.44. The predicted octanol–water partition coefficient (Wildman–Crippen LogP) is 5.44. The number of esters is 1. The molecule has 0 radical (unpaired) electrons. The number of hydrogen-bond acceptors (Lipinski definition) is 4. The maximum atomic E-state index is 12.9. The number of carbonyl (C=O) groups excluding carboxylic acids is 2. The summed E-state index contributed by atoms with van der Waals surface area (Å²) in [5.74, 6) is -0.240. The molecule has 1 atom stereocenters. The Balaban J connectivity index is 1.36. The normalized spacial score (nSPS) is 19.9. The zero-order chi connectivity index (χ0) is 22.7. The minimum Gasteiger partial charge on any atom is -0.465 e. The fourth-order valence-corrected chi connectivity index (χ4v) is 4.96. The molecule has 170 valence electrons. The van der Waals surface area contributed by atoms with Crippen LogP contribution < -0.4 is 5.32 Å². The van der Waals surface area contributed by atoms with Crippen molar-refractivity contribution in [3.8, 4) is 0 Å². The molecule has 1 saturated heterocycles. The van der Waals surface area contributed by atoms with Gasteiger partial charge < -0.3 is 10.1 Å². The summed E-state index contributed by atoms with van der Waals surface area (Å²) in [7, 11) is 0. The molecule has 2 aliphatic rings. The highest BCUT2D eigenvalue weighted by atomic mass is 35.5. The third kappa shape index (κ3) is 4.95. The number of anilines is 1. The number of hydrogen-bond donors (Lipinski definition) is 1. The van der Waals surface area contributed by atoms with E-state index in [0.717, 1.165) is 49.0 Å². The summed E-state index contributed by atoms with van der Waals surface area (Å²) >= 11 is 12.6. The molecule has 5 nitrogen and oxygen atoms in total. The number of piperidine rings is 1. The van der Waals surface area contributed by atoms with Gasteiger partial charge in [-0.2, -0.15) is 0 Å². The molecule has 2 fully saturated rings. The number of halogens is 2. The highest BCUT2D eigenvalue weighted by Crippen LogP contribution is 2.49. The second-order valence-corrected chi connectivity index (χ2v) is 9.46. The molecule has 0 bridgehead atoms. The van der Waals surface area contributed by atoms with Crippen LogP contribution in [-0.4, -0.2) is 36.5 Å². The smallest absolute Gasteiger partial charge is 0.316 e. The molecule has 0 spiro atoms. The molecule has 2 aromatic carbocycles. The molecule has 0 aromatic heterocycles. The average Bonchev–Trinajstić information content (AvgIpc) is 3.59. The van der Waals surface area contributed by atoms with Crippen LogP contribution in [0.15, 0.2) is 42.5 Å². The lowest BCUT2D eigenvalue weighted by atomic mass is 9.95. The van der Waals surface area contributed by atoms with Crippen LogP contribution in [-0.2, 0) is 26.3 Å². The quantitative estimate of drug-likeness (QED) is 0.542. The first-order valence-electron chi connectivity index (χ1n) is 11.2. The van der Waals surface area contributed by atoms with Crippen LogP contribution in [0.3, 0.4) is 0 Å². The van der Waals surface area contributed by atoms with E-state index in [1.165, 1.54) is 0 Å². The Morgan fingerprint density at radius 1 is 1.12 bits per heavy atom. The van der Waals surface area contributed by atoms with E-state index in [0.29, 0.717) is 29.7 Å². The van der Waals surface area contributed by atoms with Gasteiger partial charge >= 0.3 is 5.97 Å². The van der Waals surface area contributed by atoms with Crippen LogP contribution in [0.5, 0.6) is 0 Å². The Morgan fingerprint density at radius 3 is 2.44 bits per heavy atom. The zero-order valence-electron chi connectivity index (χ0n) is 18.2. The Bertz CT molecular complexity index is 969. The van der Waals surface area contributed by atoms with E-state index in [4.69, 9.17) is 27.9 Å². The van der Waals surface area contributed by atoms with Gasteiger partial charge in [-0.05, 0) is 69.0 Å². The standard InChI is InChI=1S/C25H28Cl2N2O3/c1-2-32-24(31)25(12-13-25)18-8-10-19(11-9-18)28-23(30)17-5-4-14-29(15-17)16-20-21(26)6-3-7-22(20)27/h3,6-11,17H,2,4-5,12-16H2,1H3,(H,28,30)/t17-/m1/s1. The summed E-state index contributed by atoms with van der Waals surface area (Å²) in [6, 6.07) is 13.1. The Hall–Kier alpha value is -2.08. The first kappa shape index (κ1) is 23.1. The predicted molar refractivity (Wildman–Crippen MR) is 127 cm³/mol. The van der Waals surface area contributed by atoms with Crippen molar-refractivity contribution in [2.24, 2.45) is 5.92 Å². The van der Waals surface area contributed by atoms with Crippen molar-refractivity contribution in [3.63, 3.8) is 0 Å². The van der Waals surface area contributed by atoms with Gasteiger partial charge in [-0.3, -0.25) is 14.5 Å². The summed E-state index contributed by atoms with van der Waals surface area (Å²) < 4.78 is 5.24. The van der Waals surface area contributed by atoms with E-state index in [1.54, 1.807) is 0 Å². The Kier molecular flexibility index (Phi) is 7.08.